The molecule has 3 heterocycles. The molecule has 1 N–H and O–H groups in total. The molecule has 1 aromatic carbocycles. The fraction of sp³-hybridized carbons (Fsp3) is 0.318. The van der Waals surface area contributed by atoms with Crippen molar-refractivity contribution < 1.29 is 9.53 Å². The summed E-state index contributed by atoms with van der Waals surface area (Å²) < 4.78 is 5.57. The summed E-state index contributed by atoms with van der Waals surface area (Å²) >= 11 is 6.06. The number of morpholine rings is 1. The third kappa shape index (κ3) is 4.49. The fourth-order valence-corrected chi connectivity index (χ4v) is 3.67. The fourth-order valence-electron chi connectivity index (χ4n) is 3.49. The Morgan fingerprint density at radius 2 is 2.17 bits per heavy atom. The maximum absolute atomic E-state index is 12.7. The van der Waals surface area contributed by atoms with Crippen LogP contribution in [0.25, 0.3) is 10.9 Å². The molecule has 2 aromatic heterocycles. The number of halogens is 1. The normalized spacial score (nSPS) is 16.8. The highest BCUT2D eigenvalue weighted by molar-refractivity contribution is 6.31. The molecular weight excluding hydrogens is 388 g/mol. The van der Waals surface area contributed by atoms with Crippen molar-refractivity contribution >= 4 is 34.2 Å². The zero-order valence-electron chi connectivity index (χ0n) is 16.5. The number of rotatable bonds is 4. The van der Waals surface area contributed by atoms with Crippen LogP contribution in [0.15, 0.2) is 42.6 Å². The van der Waals surface area contributed by atoms with Crippen molar-refractivity contribution in [3.63, 3.8) is 0 Å². The smallest absolute Gasteiger partial charge is 0.253 e. The molecule has 1 amide bonds. The molecule has 0 aliphatic carbocycles. The van der Waals surface area contributed by atoms with Crippen LogP contribution in [-0.4, -0.2) is 41.7 Å². The van der Waals surface area contributed by atoms with Crippen molar-refractivity contribution in [2.75, 3.05) is 24.6 Å². The molecule has 29 heavy (non-hydrogen) atoms. The number of aryl methyl sites for hydroxylation is 1. The van der Waals surface area contributed by atoms with Crippen LogP contribution in [0.1, 0.15) is 28.5 Å². The Labute approximate surface area is 174 Å². The highest BCUT2D eigenvalue weighted by Crippen LogP contribution is 2.21. The minimum absolute atomic E-state index is 0.164. The van der Waals surface area contributed by atoms with Gasteiger partial charge in [-0.3, -0.25) is 9.78 Å². The molecule has 150 valence electrons. The van der Waals surface area contributed by atoms with Gasteiger partial charge in [0.1, 0.15) is 5.82 Å². The van der Waals surface area contributed by atoms with Gasteiger partial charge >= 0.3 is 0 Å². The number of carbonyl (C=O) groups excluding carboxylic acids is 1. The Balaban J connectivity index is 1.43. The molecule has 7 heteroatoms. The van der Waals surface area contributed by atoms with Gasteiger partial charge in [0, 0.05) is 36.2 Å². The van der Waals surface area contributed by atoms with Crippen LogP contribution >= 0.6 is 11.6 Å². The van der Waals surface area contributed by atoms with E-state index in [1.54, 1.807) is 12.3 Å². The van der Waals surface area contributed by atoms with E-state index in [-0.39, 0.29) is 12.0 Å². The van der Waals surface area contributed by atoms with Crippen molar-refractivity contribution in [2.45, 2.75) is 26.5 Å². The number of nitrogens with one attached hydrogen (secondary N) is 1. The Hall–Kier alpha value is -2.70. The first kappa shape index (κ1) is 19.6. The number of anilines is 1. The second-order valence-electron chi connectivity index (χ2n) is 7.29. The third-order valence-electron chi connectivity index (χ3n) is 5.04. The van der Waals surface area contributed by atoms with Gasteiger partial charge in [0.15, 0.2) is 0 Å². The number of amides is 1. The van der Waals surface area contributed by atoms with Crippen molar-refractivity contribution in [1.29, 1.82) is 0 Å². The molecule has 3 aromatic rings. The van der Waals surface area contributed by atoms with Gasteiger partial charge in [-0.25, -0.2) is 4.98 Å². The standard InChI is InChI=1S/C22H23ClN4O2/c1-14-13-27(7-8-29-14)21-6-3-16(11-24-21)12-25-22(28)19-10-17-9-18(23)4-5-20(17)26-15(19)2/h3-6,9-11,14H,7-8,12-13H2,1-2H3,(H,25,28)/t14-/m1/s1. The SMILES string of the molecule is Cc1nc2ccc(Cl)cc2cc1C(=O)NCc1ccc(N2CCO[C@H](C)C2)nc1. The van der Waals surface area contributed by atoms with Crippen molar-refractivity contribution in [3.05, 3.63) is 64.4 Å². The van der Waals surface area contributed by atoms with Gasteiger partial charge in [-0.2, -0.15) is 0 Å². The summed E-state index contributed by atoms with van der Waals surface area (Å²) in [6, 6.07) is 11.3. The monoisotopic (exact) mass is 410 g/mol. The lowest BCUT2D eigenvalue weighted by atomic mass is 10.1. The molecule has 1 aliphatic rings. The zero-order valence-corrected chi connectivity index (χ0v) is 17.2. The number of aromatic nitrogens is 2. The van der Waals surface area contributed by atoms with Crippen LogP contribution in [0.5, 0.6) is 0 Å². The van der Waals surface area contributed by atoms with Gasteiger partial charge in [0.25, 0.3) is 5.91 Å². The molecule has 1 fully saturated rings. The number of nitrogens with zero attached hydrogens (tertiary/aromatic N) is 3. The Morgan fingerprint density at radius 1 is 1.31 bits per heavy atom. The van der Waals surface area contributed by atoms with Gasteiger partial charge in [-0.05, 0) is 49.7 Å². The summed E-state index contributed by atoms with van der Waals surface area (Å²) in [5.41, 5.74) is 3.00. The predicted molar refractivity (Wildman–Crippen MR) is 115 cm³/mol. The molecule has 1 atom stereocenters. The number of benzene rings is 1. The Bertz CT molecular complexity index is 1040. The first-order valence-corrected chi connectivity index (χ1v) is 10.0. The van der Waals surface area contributed by atoms with E-state index in [9.17, 15) is 4.79 Å². The number of fused-ring (bicyclic) bond motifs is 1. The lowest BCUT2D eigenvalue weighted by Gasteiger charge is -2.32. The number of carbonyl (C=O) groups is 1. The number of hydrogen-bond acceptors (Lipinski definition) is 5. The van der Waals surface area contributed by atoms with Crippen LogP contribution in [-0.2, 0) is 11.3 Å². The van der Waals surface area contributed by atoms with Gasteiger partial charge in [0.2, 0.25) is 0 Å². The van der Waals surface area contributed by atoms with E-state index in [2.05, 4.69) is 27.1 Å². The van der Waals surface area contributed by atoms with E-state index >= 15 is 0 Å². The van der Waals surface area contributed by atoms with E-state index < -0.39 is 0 Å². The van der Waals surface area contributed by atoms with Gasteiger partial charge in [0.05, 0.1) is 29.5 Å². The molecule has 0 bridgehead atoms. The number of hydrogen-bond donors (Lipinski definition) is 1. The Morgan fingerprint density at radius 3 is 2.93 bits per heavy atom. The predicted octanol–water partition coefficient (Wildman–Crippen LogP) is 3.75. The van der Waals surface area contributed by atoms with E-state index in [1.165, 1.54) is 0 Å². The molecule has 0 radical (unpaired) electrons. The number of pyridine rings is 2. The van der Waals surface area contributed by atoms with E-state index in [0.717, 1.165) is 35.4 Å². The van der Waals surface area contributed by atoms with E-state index in [0.29, 0.717) is 29.4 Å². The molecule has 0 saturated carbocycles. The maximum Gasteiger partial charge on any atom is 0.253 e. The second-order valence-corrected chi connectivity index (χ2v) is 7.73. The number of ether oxygens (including phenoxy) is 1. The lowest BCUT2D eigenvalue weighted by Crippen LogP contribution is -2.41. The van der Waals surface area contributed by atoms with Gasteiger partial charge < -0.3 is 15.0 Å². The van der Waals surface area contributed by atoms with Crippen LogP contribution in [0.2, 0.25) is 5.02 Å². The highest BCUT2D eigenvalue weighted by atomic mass is 35.5. The largest absolute Gasteiger partial charge is 0.375 e. The van der Waals surface area contributed by atoms with Crippen molar-refractivity contribution in [1.82, 2.24) is 15.3 Å². The van der Waals surface area contributed by atoms with Gasteiger partial charge in [-0.1, -0.05) is 17.7 Å². The van der Waals surface area contributed by atoms with E-state index in [1.807, 2.05) is 37.3 Å². The highest BCUT2D eigenvalue weighted by Gasteiger charge is 2.18. The average molecular weight is 411 g/mol. The molecule has 1 aliphatic heterocycles. The van der Waals surface area contributed by atoms with Crippen LogP contribution < -0.4 is 10.2 Å². The van der Waals surface area contributed by atoms with Crippen LogP contribution in [0.4, 0.5) is 5.82 Å². The maximum atomic E-state index is 12.7. The molecule has 1 saturated heterocycles. The van der Waals surface area contributed by atoms with Crippen molar-refractivity contribution in [2.24, 2.45) is 0 Å². The molecular formula is C22H23ClN4O2. The summed E-state index contributed by atoms with van der Waals surface area (Å²) in [5, 5.41) is 4.42. The van der Waals surface area contributed by atoms with Crippen LogP contribution in [0.3, 0.4) is 0 Å². The molecule has 6 nitrogen and oxygen atoms in total. The second kappa shape index (κ2) is 8.35. The zero-order chi connectivity index (χ0) is 20.4. The summed E-state index contributed by atoms with van der Waals surface area (Å²) in [5.74, 6) is 0.768. The molecule has 0 unspecified atom stereocenters. The topological polar surface area (TPSA) is 67.4 Å². The van der Waals surface area contributed by atoms with E-state index in [4.69, 9.17) is 16.3 Å². The lowest BCUT2D eigenvalue weighted by molar-refractivity contribution is 0.0529. The summed E-state index contributed by atoms with van der Waals surface area (Å²) in [6.07, 6.45) is 2.01. The van der Waals surface area contributed by atoms with Crippen LogP contribution in [0, 0.1) is 6.92 Å². The first-order valence-electron chi connectivity index (χ1n) is 9.66. The van der Waals surface area contributed by atoms with Gasteiger partial charge in [-0.15, -0.1) is 0 Å². The Kier molecular flexibility index (Phi) is 5.65. The summed E-state index contributed by atoms with van der Waals surface area (Å²) in [4.78, 5) is 24.0. The third-order valence-corrected chi connectivity index (χ3v) is 5.27. The average Bonchev–Trinajstić information content (AvgIpc) is 2.72. The first-order chi connectivity index (χ1) is 14.0. The minimum atomic E-state index is -0.164. The molecule has 4 rings (SSSR count). The summed E-state index contributed by atoms with van der Waals surface area (Å²) in [6.45, 7) is 6.69. The quantitative estimate of drug-likeness (QED) is 0.709. The summed E-state index contributed by atoms with van der Waals surface area (Å²) in [7, 11) is 0. The minimum Gasteiger partial charge on any atom is -0.375 e. The van der Waals surface area contributed by atoms with Crippen molar-refractivity contribution in [3.8, 4) is 0 Å². The molecule has 0 spiro atoms.